The third-order valence-electron chi connectivity index (χ3n) is 7.15. The Labute approximate surface area is 241 Å². The number of nitrogens with zero attached hydrogens (tertiary/aromatic N) is 2. The van der Waals surface area contributed by atoms with Crippen molar-refractivity contribution in [3.63, 3.8) is 0 Å². The second-order valence-electron chi connectivity index (χ2n) is 12.8. The number of esters is 1. The first-order valence-electron chi connectivity index (χ1n) is 14.0. The molecule has 2 heterocycles. The van der Waals surface area contributed by atoms with E-state index in [1.165, 1.54) is 0 Å². The maximum atomic E-state index is 14.0. The Balaban J connectivity index is 1.51. The molecule has 1 fully saturated rings. The number of aromatic nitrogens is 1. The van der Waals surface area contributed by atoms with E-state index in [-0.39, 0.29) is 24.3 Å². The predicted molar refractivity (Wildman–Crippen MR) is 160 cm³/mol. The van der Waals surface area contributed by atoms with Gasteiger partial charge in [-0.2, -0.15) is 0 Å². The van der Waals surface area contributed by atoms with Crippen molar-refractivity contribution in [1.29, 1.82) is 0 Å². The number of benzene rings is 2. The van der Waals surface area contributed by atoms with E-state index in [1.54, 1.807) is 39.0 Å². The zero-order valence-corrected chi connectivity index (χ0v) is 25.4. The fourth-order valence-corrected chi connectivity index (χ4v) is 6.09. The number of thiazole rings is 1. The van der Waals surface area contributed by atoms with E-state index in [4.69, 9.17) is 9.72 Å². The van der Waals surface area contributed by atoms with Crippen molar-refractivity contribution in [2.75, 3.05) is 6.54 Å². The van der Waals surface area contributed by atoms with E-state index in [9.17, 15) is 14.4 Å². The van der Waals surface area contributed by atoms with Crippen LogP contribution >= 0.6 is 11.3 Å². The molecule has 3 atom stereocenters. The Morgan fingerprint density at radius 1 is 1.07 bits per heavy atom. The Morgan fingerprint density at radius 3 is 2.48 bits per heavy atom. The number of hydrogen-bond donors (Lipinski definition) is 1. The lowest BCUT2D eigenvalue weighted by molar-refractivity contribution is -0.157. The summed E-state index contributed by atoms with van der Waals surface area (Å²) < 4.78 is 5.38. The molecule has 8 heteroatoms. The molecule has 4 rings (SSSR count). The van der Waals surface area contributed by atoms with Crippen LogP contribution in [0.15, 0.2) is 47.8 Å². The number of carbonyl (C=O) groups excluding carboxylic acids is 3. The van der Waals surface area contributed by atoms with Gasteiger partial charge >= 0.3 is 5.97 Å². The van der Waals surface area contributed by atoms with E-state index in [1.807, 2.05) is 43.9 Å². The van der Waals surface area contributed by atoms with Gasteiger partial charge in [-0.05, 0) is 49.8 Å². The molecule has 0 bridgehead atoms. The quantitative estimate of drug-likeness (QED) is 0.331. The van der Waals surface area contributed by atoms with Gasteiger partial charge in [0.25, 0.3) is 0 Å². The van der Waals surface area contributed by atoms with Gasteiger partial charge in [-0.25, -0.2) is 4.98 Å². The lowest BCUT2D eigenvalue weighted by Crippen LogP contribution is -2.55. The summed E-state index contributed by atoms with van der Waals surface area (Å²) in [4.78, 5) is 46.3. The summed E-state index contributed by atoms with van der Waals surface area (Å²) >= 11 is 1.58. The number of fused-ring (bicyclic) bond motifs is 1. The van der Waals surface area contributed by atoms with Crippen LogP contribution in [-0.4, -0.2) is 45.9 Å². The minimum absolute atomic E-state index is 0.0451. The number of amides is 2. The smallest absolute Gasteiger partial charge is 0.307 e. The number of rotatable bonds is 7. The van der Waals surface area contributed by atoms with Gasteiger partial charge in [-0.3, -0.25) is 14.4 Å². The lowest BCUT2D eigenvalue weighted by atomic mass is 9.85. The summed E-state index contributed by atoms with van der Waals surface area (Å²) in [5.74, 6) is -1.50. The molecule has 0 unspecified atom stereocenters. The maximum absolute atomic E-state index is 14.0. The third-order valence-corrected chi connectivity index (χ3v) is 8.09. The van der Waals surface area contributed by atoms with E-state index in [0.717, 1.165) is 39.9 Å². The molecule has 1 aliphatic heterocycles. The minimum atomic E-state index is -0.737. The molecule has 214 valence electrons. The van der Waals surface area contributed by atoms with Crippen molar-refractivity contribution in [2.45, 2.75) is 85.4 Å². The van der Waals surface area contributed by atoms with Crippen molar-refractivity contribution in [3.05, 3.63) is 52.9 Å². The van der Waals surface area contributed by atoms with Crippen LogP contribution in [0, 0.1) is 11.3 Å². The van der Waals surface area contributed by atoms with Crippen LogP contribution in [0.2, 0.25) is 0 Å². The second-order valence-corrected chi connectivity index (χ2v) is 13.7. The summed E-state index contributed by atoms with van der Waals surface area (Å²) in [6.07, 6.45) is 1.66. The standard InChI is InChI=1S/C32H41N3O4S/c1-20(18-26(36)39-32(5,6)7)28(37)34-27(31(2,3)4)30(38)35-17-11-16-25(35)29-33-24(19-40-29)23-15-10-13-21-12-8-9-14-22(21)23/h8-10,12-15,19-20,25,27H,11,16-18H2,1-7H3,(H,34,37)/t20-,25+,27-/m1/s1. The minimum Gasteiger partial charge on any atom is -0.460 e. The van der Waals surface area contributed by atoms with Gasteiger partial charge in [0.15, 0.2) is 0 Å². The van der Waals surface area contributed by atoms with E-state index in [2.05, 4.69) is 35.0 Å². The van der Waals surface area contributed by atoms with Gasteiger partial charge in [0.2, 0.25) is 11.8 Å². The van der Waals surface area contributed by atoms with Crippen molar-refractivity contribution < 1.29 is 19.1 Å². The van der Waals surface area contributed by atoms with E-state index >= 15 is 0 Å². The van der Waals surface area contributed by atoms with Gasteiger partial charge < -0.3 is 15.0 Å². The van der Waals surface area contributed by atoms with Crippen LogP contribution < -0.4 is 5.32 Å². The van der Waals surface area contributed by atoms with Crippen molar-refractivity contribution in [2.24, 2.45) is 11.3 Å². The highest BCUT2D eigenvalue weighted by Crippen LogP contribution is 2.38. The second kappa shape index (κ2) is 11.7. The predicted octanol–water partition coefficient (Wildman–Crippen LogP) is 6.53. The molecule has 0 radical (unpaired) electrons. The molecule has 40 heavy (non-hydrogen) atoms. The Hall–Kier alpha value is -3.26. The maximum Gasteiger partial charge on any atom is 0.307 e. The highest BCUT2D eigenvalue weighted by atomic mass is 32.1. The molecular formula is C32H41N3O4S. The summed E-state index contributed by atoms with van der Waals surface area (Å²) in [6.45, 7) is 13.5. The molecule has 1 aliphatic rings. The molecule has 1 N–H and O–H groups in total. The van der Waals surface area contributed by atoms with Crippen molar-refractivity contribution in [1.82, 2.24) is 15.2 Å². The lowest BCUT2D eigenvalue weighted by Gasteiger charge is -2.36. The van der Waals surface area contributed by atoms with Gasteiger partial charge in [0.1, 0.15) is 16.7 Å². The van der Waals surface area contributed by atoms with Gasteiger partial charge in [-0.1, -0.05) is 70.2 Å². The van der Waals surface area contributed by atoms with Crippen LogP contribution in [-0.2, 0) is 19.1 Å². The fourth-order valence-electron chi connectivity index (χ4n) is 5.13. The summed E-state index contributed by atoms with van der Waals surface area (Å²) in [5.41, 5.74) is 0.844. The normalized spacial score (nSPS) is 17.5. The van der Waals surface area contributed by atoms with Gasteiger partial charge in [-0.15, -0.1) is 11.3 Å². The SMILES string of the molecule is C[C@H](CC(=O)OC(C)(C)C)C(=O)N[C@H](C(=O)N1CCC[C@H]1c1nc(-c2cccc3ccccc23)cs1)C(C)(C)C. The summed E-state index contributed by atoms with van der Waals surface area (Å²) in [7, 11) is 0. The number of nitrogens with one attached hydrogen (secondary N) is 1. The zero-order valence-electron chi connectivity index (χ0n) is 24.6. The molecule has 7 nitrogen and oxygen atoms in total. The highest BCUT2D eigenvalue weighted by molar-refractivity contribution is 7.10. The molecular weight excluding hydrogens is 522 g/mol. The highest BCUT2D eigenvalue weighted by Gasteiger charge is 2.41. The Kier molecular flexibility index (Phi) is 8.69. The van der Waals surface area contributed by atoms with Crippen LogP contribution in [0.4, 0.5) is 0 Å². The average molecular weight is 564 g/mol. The van der Waals surface area contributed by atoms with Crippen molar-refractivity contribution in [3.8, 4) is 11.3 Å². The Morgan fingerprint density at radius 2 is 1.77 bits per heavy atom. The Bertz CT molecular complexity index is 1380. The van der Waals surface area contributed by atoms with Crippen LogP contribution in [0.1, 0.15) is 78.8 Å². The molecule has 0 saturated carbocycles. The third kappa shape index (κ3) is 6.89. The number of ether oxygens (including phenoxy) is 1. The zero-order chi connectivity index (χ0) is 29.2. The first-order valence-corrected chi connectivity index (χ1v) is 14.9. The van der Waals surface area contributed by atoms with Crippen LogP contribution in [0.25, 0.3) is 22.0 Å². The molecule has 2 aromatic carbocycles. The topological polar surface area (TPSA) is 88.6 Å². The van der Waals surface area contributed by atoms with E-state index in [0.29, 0.717) is 6.54 Å². The van der Waals surface area contributed by atoms with Gasteiger partial charge in [0.05, 0.1) is 18.2 Å². The first kappa shape index (κ1) is 29.7. The number of hydrogen-bond acceptors (Lipinski definition) is 6. The first-order chi connectivity index (χ1) is 18.7. The molecule has 0 aliphatic carbocycles. The van der Waals surface area contributed by atoms with Gasteiger partial charge in [0, 0.05) is 23.4 Å². The average Bonchev–Trinajstić information content (AvgIpc) is 3.54. The monoisotopic (exact) mass is 563 g/mol. The fraction of sp³-hybridized carbons (Fsp3) is 0.500. The molecule has 1 aromatic heterocycles. The summed E-state index contributed by atoms with van der Waals surface area (Å²) in [5, 5.41) is 8.26. The number of likely N-dealkylation sites (tertiary alicyclic amines) is 1. The molecule has 2 amide bonds. The molecule has 3 aromatic rings. The van der Waals surface area contributed by atoms with Crippen LogP contribution in [0.3, 0.4) is 0 Å². The molecule has 0 spiro atoms. The van der Waals surface area contributed by atoms with E-state index < -0.39 is 28.9 Å². The van der Waals surface area contributed by atoms with Crippen LogP contribution in [0.5, 0.6) is 0 Å². The number of carbonyl (C=O) groups is 3. The summed E-state index contributed by atoms with van der Waals surface area (Å²) in [6, 6.07) is 13.6. The largest absolute Gasteiger partial charge is 0.460 e. The molecule has 1 saturated heterocycles. The van der Waals surface area contributed by atoms with Crippen molar-refractivity contribution >= 4 is 39.9 Å².